The van der Waals surface area contributed by atoms with Crippen molar-refractivity contribution in [3.05, 3.63) is 40.7 Å². The lowest BCUT2D eigenvalue weighted by Gasteiger charge is -2.08. The number of benzene rings is 1. The maximum absolute atomic E-state index is 12.4. The van der Waals surface area contributed by atoms with E-state index in [4.69, 9.17) is 11.6 Å². The summed E-state index contributed by atoms with van der Waals surface area (Å²) < 4.78 is 12.4. The van der Waals surface area contributed by atoms with Crippen LogP contribution in [0.2, 0.25) is 5.02 Å². The summed E-state index contributed by atoms with van der Waals surface area (Å²) in [6.07, 6.45) is 1.74. The molecule has 1 aromatic rings. The lowest BCUT2D eigenvalue weighted by Crippen LogP contribution is -2.02. The minimum Gasteiger partial charge on any atom is -0.314 e. The molecule has 0 aliphatic carbocycles. The topological polar surface area (TPSA) is 17.1 Å². The Labute approximate surface area is 89.2 Å². The van der Waals surface area contributed by atoms with Gasteiger partial charge in [0, 0.05) is 16.5 Å². The van der Waals surface area contributed by atoms with Gasteiger partial charge in [-0.15, -0.1) is 0 Å². The number of hydrogen-bond donors (Lipinski definition) is 0. The predicted octanol–water partition coefficient (Wildman–Crippen LogP) is 3.64. The summed E-state index contributed by atoms with van der Waals surface area (Å²) in [6.45, 7) is 2.04. The van der Waals surface area contributed by atoms with Gasteiger partial charge in [0.05, 0.1) is 0 Å². The molecule has 0 saturated heterocycles. The average Bonchev–Trinajstić information content (AvgIpc) is 2.48. The molecule has 1 aliphatic rings. The van der Waals surface area contributed by atoms with Crippen LogP contribution in [0.5, 0.6) is 0 Å². The molecule has 1 nitrogen and oxygen atoms in total. The fourth-order valence-corrected chi connectivity index (χ4v) is 4.57. The third-order valence-electron chi connectivity index (χ3n) is 2.53. The van der Waals surface area contributed by atoms with Crippen molar-refractivity contribution >= 4 is 24.0 Å². The summed E-state index contributed by atoms with van der Waals surface area (Å²) >= 11 is 5.79. The molecule has 0 amide bonds. The van der Waals surface area contributed by atoms with Gasteiger partial charge in [-0.2, -0.15) is 0 Å². The van der Waals surface area contributed by atoms with E-state index in [0.717, 1.165) is 17.9 Å². The molecule has 74 valence electrons. The monoisotopic (exact) mass is 226 g/mol. The van der Waals surface area contributed by atoms with Gasteiger partial charge in [0.1, 0.15) is 7.14 Å². The molecule has 1 aliphatic heterocycles. The zero-order chi connectivity index (χ0) is 10.2. The van der Waals surface area contributed by atoms with Crippen LogP contribution < -0.4 is 5.30 Å². The van der Waals surface area contributed by atoms with E-state index in [1.165, 1.54) is 5.57 Å². The fraction of sp³-hybridized carbons (Fsp3) is 0.273. The first kappa shape index (κ1) is 10.0. The van der Waals surface area contributed by atoms with E-state index in [2.05, 4.69) is 0 Å². The molecule has 0 bridgehead atoms. The largest absolute Gasteiger partial charge is 0.314 e. The Hall–Kier alpha value is -0.520. The molecule has 0 fully saturated rings. The van der Waals surface area contributed by atoms with Crippen molar-refractivity contribution in [3.8, 4) is 0 Å². The molecule has 2 rings (SSSR count). The fourth-order valence-electron chi connectivity index (χ4n) is 1.72. The van der Waals surface area contributed by atoms with Crippen molar-refractivity contribution in [2.24, 2.45) is 0 Å². The highest BCUT2D eigenvalue weighted by Crippen LogP contribution is 2.52. The zero-order valence-corrected chi connectivity index (χ0v) is 9.68. The summed E-state index contributed by atoms with van der Waals surface area (Å²) in [5, 5.41) is 1.62. The molecule has 0 radical (unpaired) electrons. The summed E-state index contributed by atoms with van der Waals surface area (Å²) in [5.74, 6) is 1.94. The summed E-state index contributed by atoms with van der Waals surface area (Å²) in [5.41, 5.74) is 1.24. The molecular formula is C11H12ClOP. The number of hydrogen-bond acceptors (Lipinski definition) is 1. The Morgan fingerprint density at radius 2 is 1.93 bits per heavy atom. The van der Waals surface area contributed by atoms with Gasteiger partial charge >= 0.3 is 0 Å². The van der Waals surface area contributed by atoms with E-state index in [9.17, 15) is 4.57 Å². The summed E-state index contributed by atoms with van der Waals surface area (Å²) in [7, 11) is -2.22. The second-order valence-electron chi connectivity index (χ2n) is 3.72. The minimum absolute atomic E-state index is 0.695. The lowest BCUT2D eigenvalue weighted by molar-refractivity contribution is 0.587. The standard InChI is InChI=1S/C11H12ClOP/c1-9-6-7-14(13,8-9)11-4-2-10(12)3-5-11/h2-5,8H,6-7H2,1H3. The first-order valence-electron chi connectivity index (χ1n) is 4.63. The first-order valence-corrected chi connectivity index (χ1v) is 6.97. The molecule has 1 unspecified atom stereocenters. The van der Waals surface area contributed by atoms with Crippen molar-refractivity contribution in [1.82, 2.24) is 0 Å². The van der Waals surface area contributed by atoms with E-state index in [0.29, 0.717) is 5.02 Å². The van der Waals surface area contributed by atoms with Crippen molar-refractivity contribution in [2.45, 2.75) is 13.3 Å². The quantitative estimate of drug-likeness (QED) is 0.669. The van der Waals surface area contributed by atoms with Gasteiger partial charge in [-0.3, -0.25) is 0 Å². The van der Waals surface area contributed by atoms with E-state index in [1.807, 2.05) is 24.9 Å². The smallest absolute Gasteiger partial charge is 0.136 e. The minimum atomic E-state index is -2.22. The number of halogens is 1. The molecule has 3 heteroatoms. The highest BCUT2D eigenvalue weighted by Gasteiger charge is 2.26. The Balaban J connectivity index is 2.41. The summed E-state index contributed by atoms with van der Waals surface area (Å²) in [6, 6.07) is 7.35. The van der Waals surface area contributed by atoms with E-state index in [-0.39, 0.29) is 0 Å². The van der Waals surface area contributed by atoms with Gasteiger partial charge < -0.3 is 4.57 Å². The average molecular weight is 227 g/mol. The second-order valence-corrected chi connectivity index (χ2v) is 6.97. The summed E-state index contributed by atoms with van der Waals surface area (Å²) in [4.78, 5) is 0. The van der Waals surface area contributed by atoms with Crippen molar-refractivity contribution in [1.29, 1.82) is 0 Å². The molecule has 0 aromatic heterocycles. The number of rotatable bonds is 1. The van der Waals surface area contributed by atoms with Gasteiger partial charge in [0.25, 0.3) is 0 Å². The van der Waals surface area contributed by atoms with Gasteiger partial charge in [0.15, 0.2) is 0 Å². The Kier molecular flexibility index (Phi) is 2.55. The van der Waals surface area contributed by atoms with Crippen molar-refractivity contribution in [2.75, 3.05) is 6.16 Å². The highest BCUT2D eigenvalue weighted by atomic mass is 35.5. The van der Waals surface area contributed by atoms with Crippen LogP contribution in [0.25, 0.3) is 0 Å². The molecule has 14 heavy (non-hydrogen) atoms. The Bertz CT molecular complexity index is 419. The van der Waals surface area contributed by atoms with E-state index in [1.54, 1.807) is 12.1 Å². The van der Waals surface area contributed by atoms with Crippen molar-refractivity contribution in [3.63, 3.8) is 0 Å². The van der Waals surface area contributed by atoms with Crippen LogP contribution in [0.1, 0.15) is 13.3 Å². The van der Waals surface area contributed by atoms with Gasteiger partial charge in [-0.05, 0) is 43.4 Å². The maximum Gasteiger partial charge on any atom is 0.136 e. The molecular weight excluding hydrogens is 215 g/mol. The zero-order valence-electron chi connectivity index (χ0n) is 8.03. The van der Waals surface area contributed by atoms with Gasteiger partial charge in [-0.1, -0.05) is 17.2 Å². The first-order chi connectivity index (χ1) is 6.60. The van der Waals surface area contributed by atoms with E-state index < -0.39 is 7.14 Å². The van der Waals surface area contributed by atoms with Crippen LogP contribution >= 0.6 is 18.7 Å². The van der Waals surface area contributed by atoms with E-state index >= 15 is 0 Å². The Morgan fingerprint density at radius 3 is 2.43 bits per heavy atom. The highest BCUT2D eigenvalue weighted by molar-refractivity contribution is 7.74. The maximum atomic E-state index is 12.4. The normalized spacial score (nSPS) is 26.3. The van der Waals surface area contributed by atoms with Gasteiger partial charge in [0.2, 0.25) is 0 Å². The SMILES string of the molecule is CC1=CP(=O)(c2ccc(Cl)cc2)CC1. The third kappa shape index (κ3) is 1.80. The Morgan fingerprint density at radius 1 is 1.29 bits per heavy atom. The third-order valence-corrected chi connectivity index (χ3v) is 5.70. The molecule has 1 atom stereocenters. The van der Waals surface area contributed by atoms with Crippen LogP contribution in [-0.2, 0) is 4.57 Å². The second kappa shape index (κ2) is 3.56. The molecule has 0 N–H and O–H groups in total. The van der Waals surface area contributed by atoms with Crippen LogP contribution in [0.3, 0.4) is 0 Å². The number of allylic oxidation sites excluding steroid dienone is 1. The lowest BCUT2D eigenvalue weighted by atomic mass is 10.3. The van der Waals surface area contributed by atoms with Crippen LogP contribution in [-0.4, -0.2) is 6.16 Å². The van der Waals surface area contributed by atoms with Crippen molar-refractivity contribution < 1.29 is 4.57 Å². The molecule has 1 heterocycles. The molecule has 0 spiro atoms. The molecule has 0 saturated carbocycles. The van der Waals surface area contributed by atoms with Crippen LogP contribution in [0, 0.1) is 0 Å². The molecule has 1 aromatic carbocycles. The van der Waals surface area contributed by atoms with Gasteiger partial charge in [-0.25, -0.2) is 0 Å². The van der Waals surface area contributed by atoms with Crippen LogP contribution in [0.4, 0.5) is 0 Å². The van der Waals surface area contributed by atoms with Crippen LogP contribution in [0.15, 0.2) is 35.7 Å². The predicted molar refractivity (Wildman–Crippen MR) is 61.9 cm³/mol.